The molecule has 0 atom stereocenters. The Hall–Kier alpha value is -3.63. The predicted molar refractivity (Wildman–Crippen MR) is 121 cm³/mol. The van der Waals surface area contributed by atoms with Crippen LogP contribution in [0.1, 0.15) is 37.6 Å². The summed E-state index contributed by atoms with van der Waals surface area (Å²) >= 11 is 0. The molecule has 7 heteroatoms. The Balaban J connectivity index is 1.95. The van der Waals surface area contributed by atoms with Crippen molar-refractivity contribution >= 4 is 27.6 Å². The van der Waals surface area contributed by atoms with Crippen molar-refractivity contribution in [2.24, 2.45) is 7.05 Å². The number of fused-ring (bicyclic) bond motifs is 3. The van der Waals surface area contributed by atoms with Crippen molar-refractivity contribution in [3.05, 3.63) is 58.3 Å². The van der Waals surface area contributed by atoms with Crippen molar-refractivity contribution in [3.63, 3.8) is 0 Å². The van der Waals surface area contributed by atoms with Gasteiger partial charge in [-0.25, -0.2) is 9.78 Å². The fourth-order valence-electron chi connectivity index (χ4n) is 4.45. The molecule has 0 bridgehead atoms. The van der Waals surface area contributed by atoms with E-state index in [-0.39, 0.29) is 11.7 Å². The first-order valence-electron chi connectivity index (χ1n) is 10.4. The van der Waals surface area contributed by atoms with Crippen LogP contribution < -0.4 is 5.69 Å². The quantitative estimate of drug-likeness (QED) is 0.547. The van der Waals surface area contributed by atoms with Gasteiger partial charge in [0.2, 0.25) is 0 Å². The van der Waals surface area contributed by atoms with Crippen LogP contribution in [0, 0.1) is 11.3 Å². The second kappa shape index (κ2) is 7.25. The first kappa shape index (κ1) is 19.3. The van der Waals surface area contributed by atoms with Crippen molar-refractivity contribution in [2.45, 2.75) is 26.3 Å². The van der Waals surface area contributed by atoms with E-state index in [0.29, 0.717) is 18.8 Å². The van der Waals surface area contributed by atoms with Gasteiger partial charge in [0, 0.05) is 18.7 Å². The number of hydrogen-bond acceptors (Lipinski definition) is 4. The molecule has 0 fully saturated rings. The summed E-state index contributed by atoms with van der Waals surface area (Å²) in [7, 11) is 1.78. The molecule has 1 aliphatic rings. The summed E-state index contributed by atoms with van der Waals surface area (Å²) in [6, 6.07) is 9.75. The molecule has 3 aromatic heterocycles. The topological polar surface area (TPSA) is 88.6 Å². The molecule has 0 radical (unpaired) electrons. The fraction of sp³-hybridized carbons (Fsp3) is 0.292. The number of benzene rings is 1. The minimum absolute atomic E-state index is 0.00346. The lowest BCUT2D eigenvalue weighted by molar-refractivity contribution is 0.161. The van der Waals surface area contributed by atoms with E-state index in [1.807, 2.05) is 42.7 Å². The molecule has 0 saturated heterocycles. The lowest BCUT2D eigenvalue weighted by atomic mass is 9.95. The number of aromatic nitrogens is 4. The summed E-state index contributed by atoms with van der Waals surface area (Å²) in [5, 5.41) is 10.2. The van der Waals surface area contributed by atoms with Gasteiger partial charge in [-0.3, -0.25) is 9.13 Å². The Morgan fingerprint density at radius 3 is 2.68 bits per heavy atom. The lowest BCUT2D eigenvalue weighted by Crippen LogP contribution is -2.23. The van der Waals surface area contributed by atoms with Crippen molar-refractivity contribution in [1.82, 2.24) is 19.1 Å². The van der Waals surface area contributed by atoms with Gasteiger partial charge < -0.3 is 9.72 Å². The number of imidazole rings is 1. The maximum Gasteiger partial charge on any atom is 0.329 e. The van der Waals surface area contributed by atoms with Crippen LogP contribution in [0.2, 0.25) is 0 Å². The van der Waals surface area contributed by atoms with Crippen molar-refractivity contribution in [3.8, 4) is 17.2 Å². The summed E-state index contributed by atoms with van der Waals surface area (Å²) in [5.74, 6) is 0. The smallest absolute Gasteiger partial charge is 0.329 e. The fourth-order valence-corrected chi connectivity index (χ4v) is 4.45. The average molecular weight is 413 g/mol. The SMILES string of the molecule is CC(C)n1c(=O)n(C)c2cnc3[nH]c(C4=CCOCC4)c(-c4ccc(C#N)cc4)c3c21. The molecule has 1 N–H and O–H groups in total. The number of nitriles is 1. The Bertz CT molecular complexity index is 1440. The average Bonchev–Trinajstić information content (AvgIpc) is 3.30. The maximum absolute atomic E-state index is 13.0. The predicted octanol–water partition coefficient (Wildman–Crippen LogP) is 4.14. The third-order valence-corrected chi connectivity index (χ3v) is 5.97. The first-order chi connectivity index (χ1) is 15.0. The Kier molecular flexibility index (Phi) is 4.53. The summed E-state index contributed by atoms with van der Waals surface area (Å²) < 4.78 is 9.01. The number of ether oxygens (including phenoxy) is 1. The maximum atomic E-state index is 13.0. The van der Waals surface area contributed by atoms with E-state index in [0.717, 1.165) is 45.3 Å². The van der Waals surface area contributed by atoms with Crippen molar-refractivity contribution in [2.75, 3.05) is 13.2 Å². The van der Waals surface area contributed by atoms with E-state index in [1.54, 1.807) is 17.8 Å². The first-order valence-corrected chi connectivity index (χ1v) is 10.4. The monoisotopic (exact) mass is 413 g/mol. The standard InChI is InChI=1S/C24H23N5O2/c1-14(2)29-22-18(28(3)24(29)30)13-26-23-20(22)19(16-6-4-15(12-25)5-7-16)21(27-23)17-8-10-31-11-9-17/h4-8,13-14H,9-11H2,1-3H3,(H,26,27). The minimum atomic E-state index is -0.0573. The van der Waals surface area contributed by atoms with E-state index >= 15 is 0 Å². The molecule has 31 heavy (non-hydrogen) atoms. The molecule has 4 heterocycles. The van der Waals surface area contributed by atoms with Crippen LogP contribution in [-0.4, -0.2) is 32.3 Å². The summed E-state index contributed by atoms with van der Waals surface area (Å²) in [6.07, 6.45) is 4.66. The van der Waals surface area contributed by atoms with Gasteiger partial charge in [0.05, 0.1) is 53.2 Å². The highest BCUT2D eigenvalue weighted by atomic mass is 16.5. The van der Waals surface area contributed by atoms with Gasteiger partial charge >= 0.3 is 5.69 Å². The number of nitrogens with zero attached hydrogens (tertiary/aromatic N) is 4. The summed E-state index contributed by atoms with van der Waals surface area (Å²) in [5.41, 5.74) is 7.12. The molecule has 0 unspecified atom stereocenters. The van der Waals surface area contributed by atoms with Gasteiger partial charge in [0.25, 0.3) is 0 Å². The molecule has 0 spiro atoms. The normalized spacial score (nSPS) is 14.4. The van der Waals surface area contributed by atoms with Gasteiger partial charge in [0.1, 0.15) is 5.65 Å². The number of hydrogen-bond donors (Lipinski definition) is 1. The molecular weight excluding hydrogens is 390 g/mol. The molecule has 1 aliphatic heterocycles. The summed E-state index contributed by atoms with van der Waals surface area (Å²) in [4.78, 5) is 21.2. The van der Waals surface area contributed by atoms with Crippen LogP contribution in [0.4, 0.5) is 0 Å². The number of H-pyrrole nitrogens is 1. The zero-order chi connectivity index (χ0) is 21.7. The van der Waals surface area contributed by atoms with Crippen LogP contribution in [0.15, 0.2) is 41.3 Å². The van der Waals surface area contributed by atoms with Gasteiger partial charge in [0.15, 0.2) is 0 Å². The second-order valence-corrected chi connectivity index (χ2v) is 8.14. The molecule has 1 aromatic carbocycles. The van der Waals surface area contributed by atoms with E-state index < -0.39 is 0 Å². The Morgan fingerprint density at radius 1 is 1.26 bits per heavy atom. The lowest BCUT2D eigenvalue weighted by Gasteiger charge is -2.15. The van der Waals surface area contributed by atoms with Gasteiger partial charge in [-0.15, -0.1) is 0 Å². The highest BCUT2D eigenvalue weighted by Crippen LogP contribution is 2.40. The Morgan fingerprint density at radius 2 is 2.03 bits per heavy atom. The second-order valence-electron chi connectivity index (χ2n) is 8.14. The largest absolute Gasteiger partial charge is 0.377 e. The zero-order valence-corrected chi connectivity index (χ0v) is 17.8. The van der Waals surface area contributed by atoms with E-state index in [2.05, 4.69) is 22.1 Å². The molecule has 156 valence electrons. The molecule has 0 aliphatic carbocycles. The van der Waals surface area contributed by atoms with Crippen LogP contribution in [0.3, 0.4) is 0 Å². The molecular formula is C24H23N5O2. The van der Waals surface area contributed by atoms with E-state index in [9.17, 15) is 10.1 Å². The van der Waals surface area contributed by atoms with E-state index in [4.69, 9.17) is 4.74 Å². The Labute approximate surface area is 179 Å². The van der Waals surface area contributed by atoms with Gasteiger partial charge in [-0.2, -0.15) is 5.26 Å². The third kappa shape index (κ3) is 2.91. The number of pyridine rings is 1. The van der Waals surface area contributed by atoms with E-state index in [1.165, 1.54) is 5.57 Å². The van der Waals surface area contributed by atoms with Gasteiger partial charge in [-0.1, -0.05) is 18.2 Å². The summed E-state index contributed by atoms with van der Waals surface area (Å²) in [6.45, 7) is 5.27. The number of nitrogens with one attached hydrogen (secondary N) is 1. The highest BCUT2D eigenvalue weighted by molar-refractivity contribution is 6.13. The van der Waals surface area contributed by atoms with Crippen LogP contribution in [-0.2, 0) is 11.8 Å². The van der Waals surface area contributed by atoms with Gasteiger partial charge in [-0.05, 0) is 43.5 Å². The number of aromatic amines is 1. The molecule has 7 nitrogen and oxygen atoms in total. The van der Waals surface area contributed by atoms with Crippen LogP contribution in [0.5, 0.6) is 0 Å². The third-order valence-electron chi connectivity index (χ3n) is 5.97. The van der Waals surface area contributed by atoms with Crippen LogP contribution >= 0.6 is 0 Å². The number of rotatable bonds is 3. The van der Waals surface area contributed by atoms with Crippen molar-refractivity contribution in [1.29, 1.82) is 5.26 Å². The van der Waals surface area contributed by atoms with Crippen molar-refractivity contribution < 1.29 is 4.74 Å². The highest BCUT2D eigenvalue weighted by Gasteiger charge is 2.24. The van der Waals surface area contributed by atoms with Crippen LogP contribution in [0.25, 0.3) is 38.8 Å². The number of aryl methyl sites for hydroxylation is 1. The molecule has 4 aromatic rings. The zero-order valence-electron chi connectivity index (χ0n) is 17.8. The molecule has 0 saturated carbocycles. The minimum Gasteiger partial charge on any atom is -0.377 e. The molecule has 5 rings (SSSR count). The molecule has 0 amide bonds.